The van der Waals surface area contributed by atoms with Gasteiger partial charge in [0.2, 0.25) is 0 Å². The van der Waals surface area contributed by atoms with Crippen molar-refractivity contribution in [3.05, 3.63) is 46.7 Å². The zero-order valence-electron chi connectivity index (χ0n) is 8.07. The first-order valence-corrected chi connectivity index (χ1v) is 5.41. The second-order valence-corrected chi connectivity index (χ2v) is 4.11. The molecule has 15 heavy (non-hydrogen) atoms. The molecule has 2 heterocycles. The van der Waals surface area contributed by atoms with Crippen LogP contribution in [0.15, 0.2) is 35.5 Å². The molecule has 0 aromatic carbocycles. The summed E-state index contributed by atoms with van der Waals surface area (Å²) in [5.41, 5.74) is 2.24. The summed E-state index contributed by atoms with van der Waals surface area (Å²) in [6.45, 7) is 1.58. The summed E-state index contributed by atoms with van der Waals surface area (Å²) >= 11 is 3.39. The van der Waals surface area contributed by atoms with Gasteiger partial charge in [0.15, 0.2) is 0 Å². The lowest BCUT2D eigenvalue weighted by Crippen LogP contribution is -2.12. The van der Waals surface area contributed by atoms with E-state index < -0.39 is 0 Å². The molecule has 0 spiro atoms. The number of aromatic nitrogens is 3. The number of hydrogen-bond acceptors (Lipinski definition) is 3. The smallest absolute Gasteiger partial charge is 0.0922 e. The molecule has 0 radical (unpaired) electrons. The van der Waals surface area contributed by atoms with Crippen molar-refractivity contribution in [2.45, 2.75) is 13.1 Å². The Labute approximate surface area is 96.3 Å². The monoisotopic (exact) mass is 266 g/mol. The Kier molecular flexibility index (Phi) is 3.47. The quantitative estimate of drug-likeness (QED) is 0.889. The van der Waals surface area contributed by atoms with Crippen LogP contribution in [0.2, 0.25) is 0 Å². The van der Waals surface area contributed by atoms with E-state index in [1.165, 1.54) is 0 Å². The maximum absolute atomic E-state index is 4.09. The van der Waals surface area contributed by atoms with Crippen LogP contribution in [0.5, 0.6) is 0 Å². The molecule has 2 aromatic heterocycles. The maximum atomic E-state index is 4.09. The van der Waals surface area contributed by atoms with Crippen molar-refractivity contribution < 1.29 is 0 Å². The first-order chi connectivity index (χ1) is 7.34. The molecule has 0 atom stereocenters. The van der Waals surface area contributed by atoms with Crippen LogP contribution in [-0.4, -0.2) is 15.0 Å². The van der Waals surface area contributed by atoms with E-state index in [2.05, 4.69) is 36.2 Å². The molecule has 0 amide bonds. The van der Waals surface area contributed by atoms with Crippen LogP contribution in [-0.2, 0) is 13.1 Å². The van der Waals surface area contributed by atoms with Crippen LogP contribution in [0, 0.1) is 0 Å². The normalized spacial score (nSPS) is 10.5. The first kappa shape index (κ1) is 10.3. The van der Waals surface area contributed by atoms with Gasteiger partial charge in [-0.05, 0) is 27.6 Å². The van der Waals surface area contributed by atoms with Crippen LogP contribution in [0.1, 0.15) is 11.3 Å². The third kappa shape index (κ3) is 3.14. The van der Waals surface area contributed by atoms with Gasteiger partial charge in [0.25, 0.3) is 0 Å². The molecule has 5 heteroatoms. The predicted molar refractivity (Wildman–Crippen MR) is 61.1 cm³/mol. The van der Waals surface area contributed by atoms with Crippen LogP contribution in [0.4, 0.5) is 0 Å². The fourth-order valence-electron chi connectivity index (χ4n) is 1.28. The van der Waals surface area contributed by atoms with Crippen molar-refractivity contribution in [3.8, 4) is 0 Å². The average Bonchev–Trinajstić information content (AvgIpc) is 2.71. The summed E-state index contributed by atoms with van der Waals surface area (Å²) in [6, 6.07) is 2.05. The van der Waals surface area contributed by atoms with Gasteiger partial charge in [0.05, 0.1) is 6.33 Å². The van der Waals surface area contributed by atoms with Crippen molar-refractivity contribution in [1.29, 1.82) is 0 Å². The van der Waals surface area contributed by atoms with Gasteiger partial charge in [-0.2, -0.15) is 0 Å². The van der Waals surface area contributed by atoms with E-state index in [4.69, 9.17) is 0 Å². The largest absolute Gasteiger partial charge is 0.347 e. The van der Waals surface area contributed by atoms with Gasteiger partial charge in [0, 0.05) is 41.8 Å². The van der Waals surface area contributed by atoms with Crippen molar-refractivity contribution in [2.75, 3.05) is 0 Å². The molecular formula is C10H11BrN4. The lowest BCUT2D eigenvalue weighted by Gasteiger charge is -2.03. The van der Waals surface area contributed by atoms with Gasteiger partial charge in [0.1, 0.15) is 0 Å². The fourth-order valence-corrected chi connectivity index (χ4v) is 1.69. The second-order valence-electron chi connectivity index (χ2n) is 3.19. The number of halogens is 1. The fraction of sp³-hybridized carbons (Fsp3) is 0.200. The molecular weight excluding hydrogens is 256 g/mol. The molecule has 0 aliphatic heterocycles. The van der Waals surface area contributed by atoms with Gasteiger partial charge in [-0.25, -0.2) is 4.98 Å². The van der Waals surface area contributed by atoms with E-state index in [9.17, 15) is 0 Å². The van der Waals surface area contributed by atoms with Crippen molar-refractivity contribution in [1.82, 2.24) is 20.3 Å². The number of H-pyrrole nitrogens is 1. The Morgan fingerprint density at radius 3 is 2.87 bits per heavy atom. The van der Waals surface area contributed by atoms with E-state index in [0.29, 0.717) is 0 Å². The third-order valence-electron chi connectivity index (χ3n) is 1.96. The van der Waals surface area contributed by atoms with Gasteiger partial charge >= 0.3 is 0 Å². The number of rotatable bonds is 4. The summed E-state index contributed by atoms with van der Waals surface area (Å²) < 4.78 is 1.00. The maximum Gasteiger partial charge on any atom is 0.0922 e. The van der Waals surface area contributed by atoms with E-state index in [0.717, 1.165) is 28.8 Å². The number of nitrogens with zero attached hydrogens (tertiary/aromatic N) is 2. The molecule has 4 nitrogen and oxygen atoms in total. The highest BCUT2D eigenvalue weighted by Crippen LogP contribution is 2.09. The van der Waals surface area contributed by atoms with E-state index in [1.807, 2.05) is 18.5 Å². The van der Waals surface area contributed by atoms with Gasteiger partial charge in [-0.3, -0.25) is 4.98 Å². The van der Waals surface area contributed by atoms with Crippen molar-refractivity contribution >= 4 is 15.9 Å². The van der Waals surface area contributed by atoms with E-state index in [-0.39, 0.29) is 0 Å². The Bertz CT molecular complexity index is 413. The highest BCUT2D eigenvalue weighted by atomic mass is 79.9. The Hall–Kier alpha value is -1.20. The van der Waals surface area contributed by atoms with Crippen LogP contribution < -0.4 is 5.32 Å². The molecule has 0 aliphatic carbocycles. The average molecular weight is 267 g/mol. The summed E-state index contributed by atoms with van der Waals surface area (Å²) in [6.07, 6.45) is 7.12. The molecule has 0 saturated heterocycles. The number of imidazole rings is 1. The molecule has 2 rings (SSSR count). The zero-order chi connectivity index (χ0) is 10.5. The van der Waals surface area contributed by atoms with Gasteiger partial charge in [-0.15, -0.1) is 0 Å². The minimum atomic E-state index is 0.784. The summed E-state index contributed by atoms with van der Waals surface area (Å²) in [5, 5.41) is 3.30. The van der Waals surface area contributed by atoms with Crippen molar-refractivity contribution in [2.24, 2.45) is 0 Å². The highest BCUT2D eigenvalue weighted by Gasteiger charge is 1.96. The molecule has 0 bridgehead atoms. The molecule has 0 saturated carbocycles. The Morgan fingerprint density at radius 2 is 2.13 bits per heavy atom. The van der Waals surface area contributed by atoms with E-state index in [1.54, 1.807) is 12.5 Å². The van der Waals surface area contributed by atoms with Crippen LogP contribution >= 0.6 is 15.9 Å². The van der Waals surface area contributed by atoms with Crippen LogP contribution in [0.3, 0.4) is 0 Å². The first-order valence-electron chi connectivity index (χ1n) is 4.62. The topological polar surface area (TPSA) is 53.6 Å². The number of hydrogen-bond donors (Lipinski definition) is 2. The molecule has 0 fully saturated rings. The number of pyridine rings is 1. The lowest BCUT2D eigenvalue weighted by molar-refractivity contribution is 0.680. The zero-order valence-corrected chi connectivity index (χ0v) is 9.66. The predicted octanol–water partition coefficient (Wildman–Crippen LogP) is 1.86. The van der Waals surface area contributed by atoms with Crippen LogP contribution in [0.25, 0.3) is 0 Å². The summed E-state index contributed by atoms with van der Waals surface area (Å²) in [4.78, 5) is 11.1. The molecule has 2 N–H and O–H groups in total. The van der Waals surface area contributed by atoms with Gasteiger partial charge < -0.3 is 10.3 Å². The molecule has 0 unspecified atom stereocenters. The molecule has 2 aromatic rings. The molecule has 78 valence electrons. The number of nitrogens with one attached hydrogen (secondary N) is 2. The van der Waals surface area contributed by atoms with E-state index >= 15 is 0 Å². The minimum Gasteiger partial charge on any atom is -0.347 e. The van der Waals surface area contributed by atoms with Gasteiger partial charge in [-0.1, -0.05) is 0 Å². The Balaban J connectivity index is 1.83. The van der Waals surface area contributed by atoms with Crippen molar-refractivity contribution in [3.63, 3.8) is 0 Å². The lowest BCUT2D eigenvalue weighted by atomic mass is 10.3. The summed E-state index contributed by atoms with van der Waals surface area (Å²) in [5.74, 6) is 0. The Morgan fingerprint density at radius 1 is 1.20 bits per heavy atom. The summed E-state index contributed by atoms with van der Waals surface area (Å²) in [7, 11) is 0. The molecule has 0 aliphatic rings. The third-order valence-corrected chi connectivity index (χ3v) is 2.39. The SMILES string of the molecule is Brc1cncc(CNCc2cnc[nH]2)c1. The standard InChI is InChI=1S/C10H11BrN4/c11-9-1-8(2-12-4-9)3-13-5-10-6-14-7-15-10/h1-2,4,6-7,13H,3,5H2,(H,14,15). The second kappa shape index (κ2) is 5.04. The minimum absolute atomic E-state index is 0.784. The number of aromatic amines is 1. The highest BCUT2D eigenvalue weighted by molar-refractivity contribution is 9.10.